The van der Waals surface area contributed by atoms with Gasteiger partial charge in [-0.3, -0.25) is 4.79 Å². The van der Waals surface area contributed by atoms with Gasteiger partial charge in [0.05, 0.1) is 6.10 Å². The number of nitrogens with one attached hydrogen (secondary N) is 1. The predicted molar refractivity (Wildman–Crippen MR) is 72.0 cm³/mol. The normalized spacial score (nSPS) is 16.5. The molecule has 3 nitrogen and oxygen atoms in total. The van der Waals surface area contributed by atoms with Crippen molar-refractivity contribution >= 4 is 17.4 Å². The number of halogens is 2. The maximum absolute atomic E-state index is 13.5. The van der Waals surface area contributed by atoms with Crippen LogP contribution in [0.15, 0.2) is 18.2 Å². The number of hydrogen-bond acceptors (Lipinski definition) is 3. The number of carbonyl (C=O) groups excluding carboxylic acids is 1. The van der Waals surface area contributed by atoms with Gasteiger partial charge in [-0.15, -0.1) is 0 Å². The van der Waals surface area contributed by atoms with E-state index in [4.69, 9.17) is 16.3 Å². The second-order valence-electron chi connectivity index (χ2n) is 4.71. The summed E-state index contributed by atoms with van der Waals surface area (Å²) < 4.78 is 19.0. The third-order valence-electron chi connectivity index (χ3n) is 3.16. The minimum absolute atomic E-state index is 0.0252. The fourth-order valence-corrected chi connectivity index (χ4v) is 2.31. The predicted octanol–water partition coefficient (Wildman–Crippen LogP) is 2.36. The molecule has 0 aliphatic carbocycles. The summed E-state index contributed by atoms with van der Waals surface area (Å²) >= 11 is 5.78. The molecular weight excluding hydrogens is 269 g/mol. The highest BCUT2D eigenvalue weighted by Gasteiger charge is 2.15. The van der Waals surface area contributed by atoms with Crippen molar-refractivity contribution in [1.82, 2.24) is 5.32 Å². The van der Waals surface area contributed by atoms with Gasteiger partial charge in [0.2, 0.25) is 0 Å². The van der Waals surface area contributed by atoms with Crippen molar-refractivity contribution in [3.8, 4) is 0 Å². The average molecular weight is 286 g/mol. The Morgan fingerprint density at radius 2 is 2.16 bits per heavy atom. The molecule has 0 unspecified atom stereocenters. The molecule has 0 bridgehead atoms. The molecule has 1 aromatic carbocycles. The van der Waals surface area contributed by atoms with Crippen molar-refractivity contribution in [2.45, 2.75) is 25.4 Å². The summed E-state index contributed by atoms with van der Waals surface area (Å²) in [5, 5.41) is 3.66. The zero-order valence-corrected chi connectivity index (χ0v) is 11.4. The minimum atomic E-state index is -0.403. The smallest absolute Gasteiger partial charge is 0.162 e. The number of piperidine rings is 1. The van der Waals surface area contributed by atoms with Gasteiger partial charge in [0.1, 0.15) is 12.4 Å². The molecular formula is C14H17ClFNO2. The Hall–Kier alpha value is -0.970. The molecule has 1 fully saturated rings. The summed E-state index contributed by atoms with van der Waals surface area (Å²) in [7, 11) is 0. The van der Waals surface area contributed by atoms with E-state index >= 15 is 0 Å². The van der Waals surface area contributed by atoms with Gasteiger partial charge in [0.25, 0.3) is 0 Å². The van der Waals surface area contributed by atoms with Gasteiger partial charge >= 0.3 is 0 Å². The summed E-state index contributed by atoms with van der Waals surface area (Å²) in [4.78, 5) is 11.8. The molecule has 0 atom stereocenters. The molecule has 1 aliphatic heterocycles. The third kappa shape index (κ3) is 4.56. The lowest BCUT2D eigenvalue weighted by atomic mass is 10.1. The highest BCUT2D eigenvalue weighted by molar-refractivity contribution is 6.30. The van der Waals surface area contributed by atoms with Gasteiger partial charge in [-0.05, 0) is 49.7 Å². The van der Waals surface area contributed by atoms with Crippen LogP contribution < -0.4 is 5.32 Å². The van der Waals surface area contributed by atoms with E-state index in [2.05, 4.69) is 5.32 Å². The molecule has 1 heterocycles. The summed E-state index contributed by atoms with van der Waals surface area (Å²) in [5.41, 5.74) is 0.325. The van der Waals surface area contributed by atoms with E-state index in [0.717, 1.165) is 25.9 Å². The maximum atomic E-state index is 13.5. The first-order valence-electron chi connectivity index (χ1n) is 6.43. The lowest BCUT2D eigenvalue weighted by Crippen LogP contribution is -2.33. The van der Waals surface area contributed by atoms with E-state index in [1.54, 1.807) is 0 Å². The molecule has 19 heavy (non-hydrogen) atoms. The fourth-order valence-electron chi connectivity index (χ4n) is 2.12. The van der Waals surface area contributed by atoms with Gasteiger partial charge in [-0.2, -0.15) is 0 Å². The SMILES string of the molecule is O=C(COC1CCNCC1)Cc1cc(Cl)ccc1F. The largest absolute Gasteiger partial charge is 0.370 e. The van der Waals surface area contributed by atoms with Crippen molar-refractivity contribution in [3.63, 3.8) is 0 Å². The van der Waals surface area contributed by atoms with Crippen LogP contribution in [-0.2, 0) is 16.0 Å². The zero-order valence-electron chi connectivity index (χ0n) is 10.6. The van der Waals surface area contributed by atoms with Gasteiger partial charge in [0.15, 0.2) is 5.78 Å². The molecule has 0 radical (unpaired) electrons. The molecule has 0 amide bonds. The number of carbonyl (C=O) groups is 1. The van der Waals surface area contributed by atoms with Crippen molar-refractivity contribution in [2.75, 3.05) is 19.7 Å². The van der Waals surface area contributed by atoms with Crippen molar-refractivity contribution in [3.05, 3.63) is 34.6 Å². The molecule has 0 aromatic heterocycles. The number of ether oxygens (including phenoxy) is 1. The first-order chi connectivity index (χ1) is 9.15. The molecule has 1 saturated heterocycles. The number of benzene rings is 1. The van der Waals surface area contributed by atoms with Crippen molar-refractivity contribution < 1.29 is 13.9 Å². The summed E-state index contributed by atoms with van der Waals surface area (Å²) in [6.07, 6.45) is 1.99. The van der Waals surface area contributed by atoms with E-state index in [0.29, 0.717) is 10.6 Å². The number of rotatable bonds is 5. The quantitative estimate of drug-likeness (QED) is 0.903. The van der Waals surface area contributed by atoms with Crippen molar-refractivity contribution in [1.29, 1.82) is 0 Å². The Balaban J connectivity index is 1.81. The Kier molecular flexibility index (Phi) is 5.31. The maximum Gasteiger partial charge on any atom is 0.162 e. The molecule has 1 N–H and O–H groups in total. The summed E-state index contributed by atoms with van der Waals surface area (Å²) in [6.45, 7) is 1.88. The molecule has 0 spiro atoms. The van der Waals surface area contributed by atoms with Gasteiger partial charge in [-0.25, -0.2) is 4.39 Å². The first kappa shape index (κ1) is 14.4. The van der Waals surface area contributed by atoms with E-state index in [1.807, 2.05) is 0 Å². The first-order valence-corrected chi connectivity index (χ1v) is 6.81. The monoisotopic (exact) mass is 285 g/mol. The second kappa shape index (κ2) is 6.98. The van der Waals surface area contributed by atoms with Crippen LogP contribution in [0, 0.1) is 5.82 Å². The zero-order chi connectivity index (χ0) is 13.7. The lowest BCUT2D eigenvalue weighted by molar-refractivity contribution is -0.125. The van der Waals surface area contributed by atoms with Crippen LogP contribution in [0.4, 0.5) is 4.39 Å². The fraction of sp³-hybridized carbons (Fsp3) is 0.500. The van der Waals surface area contributed by atoms with E-state index in [-0.39, 0.29) is 24.9 Å². The lowest BCUT2D eigenvalue weighted by Gasteiger charge is -2.22. The van der Waals surface area contributed by atoms with Crippen LogP contribution in [0.2, 0.25) is 5.02 Å². The van der Waals surface area contributed by atoms with Crippen LogP contribution in [0.5, 0.6) is 0 Å². The molecule has 5 heteroatoms. The molecule has 1 aromatic rings. The standard InChI is InChI=1S/C14H17ClFNO2/c15-11-1-2-14(16)10(7-11)8-12(18)9-19-13-3-5-17-6-4-13/h1-2,7,13,17H,3-6,8-9H2. The Morgan fingerprint density at radius 1 is 1.42 bits per heavy atom. The highest BCUT2D eigenvalue weighted by Crippen LogP contribution is 2.16. The third-order valence-corrected chi connectivity index (χ3v) is 3.40. The Morgan fingerprint density at radius 3 is 2.89 bits per heavy atom. The Bertz CT molecular complexity index is 447. The second-order valence-corrected chi connectivity index (χ2v) is 5.15. The van der Waals surface area contributed by atoms with Gasteiger partial charge < -0.3 is 10.1 Å². The average Bonchev–Trinajstić information content (AvgIpc) is 2.42. The summed E-state index contributed by atoms with van der Waals surface area (Å²) in [5.74, 6) is -0.528. The van der Waals surface area contributed by atoms with Gasteiger partial charge in [0, 0.05) is 11.4 Å². The summed E-state index contributed by atoms with van der Waals surface area (Å²) in [6, 6.07) is 4.23. The van der Waals surface area contributed by atoms with Crippen LogP contribution in [0.25, 0.3) is 0 Å². The van der Waals surface area contributed by atoms with Crippen molar-refractivity contribution in [2.24, 2.45) is 0 Å². The van der Waals surface area contributed by atoms with Crippen LogP contribution >= 0.6 is 11.6 Å². The molecule has 1 aliphatic rings. The van der Waals surface area contributed by atoms with E-state index < -0.39 is 5.82 Å². The molecule has 2 rings (SSSR count). The number of ketones is 1. The topological polar surface area (TPSA) is 38.3 Å². The van der Waals surface area contributed by atoms with Crippen LogP contribution in [0.1, 0.15) is 18.4 Å². The minimum Gasteiger partial charge on any atom is -0.370 e. The van der Waals surface area contributed by atoms with Crippen LogP contribution in [0.3, 0.4) is 0 Å². The van der Waals surface area contributed by atoms with E-state index in [1.165, 1.54) is 18.2 Å². The number of Topliss-reactive ketones (excluding diaryl/α,β-unsaturated/α-hetero) is 1. The van der Waals surface area contributed by atoms with Gasteiger partial charge in [-0.1, -0.05) is 11.6 Å². The molecule has 0 saturated carbocycles. The van der Waals surface area contributed by atoms with Crippen LogP contribution in [-0.4, -0.2) is 31.6 Å². The molecule has 104 valence electrons. The highest BCUT2D eigenvalue weighted by atomic mass is 35.5. The number of hydrogen-bond donors (Lipinski definition) is 1. The Labute approximate surface area is 117 Å². The van der Waals surface area contributed by atoms with E-state index in [9.17, 15) is 9.18 Å².